The predicted molar refractivity (Wildman–Crippen MR) is 148 cm³/mol. The fourth-order valence-corrected chi connectivity index (χ4v) is 6.46. The number of fused-ring (bicyclic) bond motifs is 1. The van der Waals surface area contributed by atoms with Crippen LogP contribution in [-0.4, -0.2) is 77.8 Å². The average Bonchev–Trinajstić information content (AvgIpc) is 3.69. The van der Waals surface area contributed by atoms with Crippen molar-refractivity contribution in [1.29, 1.82) is 0 Å². The third kappa shape index (κ3) is 4.81. The van der Waals surface area contributed by atoms with E-state index < -0.39 is 0 Å². The molecule has 0 N–H and O–H groups in total. The first kappa shape index (κ1) is 25.0. The van der Waals surface area contributed by atoms with E-state index in [1.165, 1.54) is 11.3 Å². The Balaban J connectivity index is 1.08. The Kier molecular flexibility index (Phi) is 6.90. The molecule has 1 unspecified atom stereocenters. The maximum Gasteiger partial charge on any atom is 0.282 e. The van der Waals surface area contributed by atoms with E-state index in [9.17, 15) is 14.4 Å². The van der Waals surface area contributed by atoms with Gasteiger partial charge in [-0.3, -0.25) is 19.3 Å². The zero-order valence-electron chi connectivity index (χ0n) is 20.9. The van der Waals surface area contributed by atoms with Crippen LogP contribution in [-0.2, 0) is 22.4 Å². The number of halogens is 1. The fraction of sp³-hybridized carbons (Fsp3) is 0.357. The lowest BCUT2D eigenvalue weighted by Crippen LogP contribution is -2.52. The fourth-order valence-electron chi connectivity index (χ4n) is 5.65. The van der Waals surface area contributed by atoms with Gasteiger partial charge in [0.15, 0.2) is 5.01 Å². The number of benzene rings is 2. The topological polar surface area (TPSA) is 77.1 Å². The number of rotatable bonds is 5. The lowest BCUT2D eigenvalue weighted by Gasteiger charge is -2.37. The predicted octanol–water partition coefficient (Wildman–Crippen LogP) is 3.49. The standard InChI is InChI=1S/C28H28ClN5O3S/c29-23-4-2-1-3-19(23)16-25(35)33-9-7-20-15-21(5-6-24(20)33)34-18-22(17-26(34)36)31-10-12-32(13-11-31)28(37)27-30-8-14-38-27/h1-6,8,14-15,22H,7,9-13,16-18H2. The second-order valence-corrected chi connectivity index (χ2v) is 11.2. The van der Waals surface area contributed by atoms with E-state index in [1.54, 1.807) is 12.3 Å². The number of amides is 3. The lowest BCUT2D eigenvalue weighted by atomic mass is 10.1. The maximum atomic E-state index is 13.0. The van der Waals surface area contributed by atoms with Gasteiger partial charge in [0, 0.05) is 79.7 Å². The van der Waals surface area contributed by atoms with E-state index in [2.05, 4.69) is 16.0 Å². The summed E-state index contributed by atoms with van der Waals surface area (Å²) in [7, 11) is 0. The van der Waals surface area contributed by atoms with Crippen molar-refractivity contribution in [3.8, 4) is 0 Å². The molecule has 3 aliphatic rings. The van der Waals surface area contributed by atoms with Crippen LogP contribution in [0.5, 0.6) is 0 Å². The Morgan fingerprint density at radius 1 is 1.05 bits per heavy atom. The Morgan fingerprint density at radius 2 is 1.87 bits per heavy atom. The first-order valence-electron chi connectivity index (χ1n) is 12.9. The van der Waals surface area contributed by atoms with Gasteiger partial charge in [-0.2, -0.15) is 0 Å². The van der Waals surface area contributed by atoms with Crippen LogP contribution in [0.4, 0.5) is 11.4 Å². The van der Waals surface area contributed by atoms with Gasteiger partial charge in [0.25, 0.3) is 5.91 Å². The molecule has 196 valence electrons. The third-order valence-electron chi connectivity index (χ3n) is 7.71. The number of carbonyl (C=O) groups excluding carboxylic acids is 3. The van der Waals surface area contributed by atoms with Gasteiger partial charge in [-0.25, -0.2) is 4.98 Å². The minimum absolute atomic E-state index is 0.0127. The quantitative estimate of drug-likeness (QED) is 0.487. The number of piperazine rings is 1. The highest BCUT2D eigenvalue weighted by atomic mass is 35.5. The SMILES string of the molecule is O=C(c1nccs1)N1CCN(C2CC(=O)N(c3ccc4c(c3)CCN4C(=O)Cc3ccccc3Cl)C2)CC1. The number of hydrogen-bond donors (Lipinski definition) is 0. The summed E-state index contributed by atoms with van der Waals surface area (Å²) in [5.74, 6) is 0.122. The minimum Gasteiger partial charge on any atom is -0.334 e. The summed E-state index contributed by atoms with van der Waals surface area (Å²) in [5, 5.41) is 2.95. The van der Waals surface area contributed by atoms with E-state index in [0.717, 1.165) is 42.0 Å². The molecule has 2 saturated heterocycles. The summed E-state index contributed by atoms with van der Waals surface area (Å²) in [5.41, 5.74) is 3.70. The molecule has 1 atom stereocenters. The Bertz CT molecular complexity index is 1370. The van der Waals surface area contributed by atoms with Crippen LogP contribution in [0.2, 0.25) is 5.02 Å². The second-order valence-electron chi connectivity index (χ2n) is 9.90. The molecular formula is C28H28ClN5O3S. The zero-order valence-corrected chi connectivity index (χ0v) is 22.5. The maximum absolute atomic E-state index is 13.0. The molecule has 2 aromatic carbocycles. The number of nitrogens with zero attached hydrogens (tertiary/aromatic N) is 5. The smallest absolute Gasteiger partial charge is 0.282 e. The number of aromatic nitrogens is 1. The molecule has 0 bridgehead atoms. The first-order chi connectivity index (χ1) is 18.5. The summed E-state index contributed by atoms with van der Waals surface area (Å²) in [6, 6.07) is 13.5. The molecule has 8 nitrogen and oxygen atoms in total. The lowest BCUT2D eigenvalue weighted by molar-refractivity contribution is -0.118. The minimum atomic E-state index is -0.0127. The largest absolute Gasteiger partial charge is 0.334 e. The van der Waals surface area contributed by atoms with Crippen LogP contribution in [0.25, 0.3) is 0 Å². The highest BCUT2D eigenvalue weighted by Gasteiger charge is 2.37. The summed E-state index contributed by atoms with van der Waals surface area (Å²) >= 11 is 7.63. The van der Waals surface area contributed by atoms with Crippen molar-refractivity contribution < 1.29 is 14.4 Å². The second kappa shape index (κ2) is 10.5. The molecule has 2 fully saturated rings. The van der Waals surface area contributed by atoms with E-state index >= 15 is 0 Å². The molecule has 3 aliphatic heterocycles. The van der Waals surface area contributed by atoms with Gasteiger partial charge in [-0.05, 0) is 41.8 Å². The monoisotopic (exact) mass is 549 g/mol. The van der Waals surface area contributed by atoms with Gasteiger partial charge in [0.2, 0.25) is 11.8 Å². The Labute approximate surface area is 230 Å². The van der Waals surface area contributed by atoms with E-state index in [1.807, 2.05) is 50.4 Å². The summed E-state index contributed by atoms with van der Waals surface area (Å²) < 4.78 is 0. The Morgan fingerprint density at radius 3 is 2.63 bits per heavy atom. The van der Waals surface area contributed by atoms with Crippen LogP contribution in [0, 0.1) is 0 Å². The van der Waals surface area contributed by atoms with Crippen molar-refractivity contribution in [2.24, 2.45) is 0 Å². The van der Waals surface area contributed by atoms with Crippen LogP contribution in [0.15, 0.2) is 54.0 Å². The highest BCUT2D eigenvalue weighted by Crippen LogP contribution is 2.34. The van der Waals surface area contributed by atoms with Gasteiger partial charge < -0.3 is 14.7 Å². The van der Waals surface area contributed by atoms with Gasteiger partial charge in [0.05, 0.1) is 6.42 Å². The summed E-state index contributed by atoms with van der Waals surface area (Å²) in [6.07, 6.45) is 3.15. The van der Waals surface area contributed by atoms with Gasteiger partial charge in [0.1, 0.15) is 0 Å². The molecule has 0 saturated carbocycles. The van der Waals surface area contributed by atoms with Gasteiger partial charge in [-0.15, -0.1) is 11.3 Å². The molecule has 38 heavy (non-hydrogen) atoms. The molecule has 3 amide bonds. The molecule has 0 radical (unpaired) electrons. The van der Waals surface area contributed by atoms with Crippen molar-refractivity contribution in [3.63, 3.8) is 0 Å². The van der Waals surface area contributed by atoms with E-state index in [0.29, 0.717) is 42.6 Å². The normalized spacial score (nSPS) is 19.8. The van der Waals surface area contributed by atoms with Crippen LogP contribution < -0.4 is 9.80 Å². The van der Waals surface area contributed by atoms with Crippen molar-refractivity contribution >= 4 is 52.0 Å². The number of thiazole rings is 1. The van der Waals surface area contributed by atoms with Crippen LogP contribution in [0.3, 0.4) is 0 Å². The van der Waals surface area contributed by atoms with Gasteiger partial charge in [-0.1, -0.05) is 29.8 Å². The van der Waals surface area contributed by atoms with E-state index in [-0.39, 0.29) is 30.2 Å². The molecule has 0 aliphatic carbocycles. The number of hydrogen-bond acceptors (Lipinski definition) is 6. The number of carbonyl (C=O) groups is 3. The Hall–Kier alpha value is -3.27. The van der Waals surface area contributed by atoms with Crippen LogP contribution in [0.1, 0.15) is 27.3 Å². The zero-order chi connectivity index (χ0) is 26.2. The molecule has 0 spiro atoms. The molecule has 3 aromatic rings. The van der Waals surface area contributed by atoms with Crippen molar-refractivity contribution in [1.82, 2.24) is 14.8 Å². The highest BCUT2D eigenvalue weighted by molar-refractivity contribution is 7.11. The van der Waals surface area contributed by atoms with E-state index in [4.69, 9.17) is 11.6 Å². The average molecular weight is 550 g/mol. The summed E-state index contributed by atoms with van der Waals surface area (Å²) in [6.45, 7) is 4.03. The molecular weight excluding hydrogens is 522 g/mol. The van der Waals surface area contributed by atoms with Crippen molar-refractivity contribution in [2.75, 3.05) is 49.1 Å². The van der Waals surface area contributed by atoms with Crippen molar-refractivity contribution in [2.45, 2.75) is 25.3 Å². The van der Waals surface area contributed by atoms with Crippen molar-refractivity contribution in [3.05, 3.63) is 75.2 Å². The molecule has 6 rings (SSSR count). The molecule has 1 aromatic heterocycles. The summed E-state index contributed by atoms with van der Waals surface area (Å²) in [4.78, 5) is 50.7. The molecule has 4 heterocycles. The van der Waals surface area contributed by atoms with Gasteiger partial charge >= 0.3 is 0 Å². The van der Waals surface area contributed by atoms with Crippen LogP contribution >= 0.6 is 22.9 Å². The molecule has 10 heteroatoms. The number of anilines is 2. The third-order valence-corrected chi connectivity index (χ3v) is 8.84. The first-order valence-corrected chi connectivity index (χ1v) is 14.1.